The Labute approximate surface area is 79.7 Å². The molecule has 5 heteroatoms. The highest BCUT2D eigenvalue weighted by Crippen LogP contribution is 2.20. The third kappa shape index (κ3) is 1.81. The largest absolute Gasteiger partial charge is 0.497 e. The van der Waals surface area contributed by atoms with Crippen molar-refractivity contribution < 1.29 is 18.3 Å². The second kappa shape index (κ2) is 4.04. The number of carbonyl (C=O) groups excluding carboxylic acids is 1. The van der Waals surface area contributed by atoms with E-state index >= 15 is 0 Å². The number of benzene rings is 1. The zero-order valence-electron chi connectivity index (χ0n) is 7.73. The first-order valence-electron chi connectivity index (χ1n) is 3.85. The van der Waals surface area contributed by atoms with E-state index in [0.717, 1.165) is 12.1 Å². The summed E-state index contributed by atoms with van der Waals surface area (Å²) in [6.45, 7) is 0. The zero-order valence-corrected chi connectivity index (χ0v) is 7.73. The van der Waals surface area contributed by atoms with E-state index in [0.29, 0.717) is 0 Å². The molecular formula is C9H9F2NO2. The van der Waals surface area contributed by atoms with Gasteiger partial charge in [-0.25, -0.2) is 8.78 Å². The van der Waals surface area contributed by atoms with E-state index in [1.165, 1.54) is 14.2 Å². The molecule has 0 saturated heterocycles. The predicted molar refractivity (Wildman–Crippen MR) is 46.3 cm³/mol. The van der Waals surface area contributed by atoms with Crippen LogP contribution in [0.2, 0.25) is 0 Å². The van der Waals surface area contributed by atoms with E-state index in [2.05, 4.69) is 10.1 Å². The van der Waals surface area contributed by atoms with Crippen LogP contribution in [0.1, 0.15) is 10.4 Å². The van der Waals surface area contributed by atoms with E-state index in [1.54, 1.807) is 0 Å². The van der Waals surface area contributed by atoms with Crippen LogP contribution in [0.25, 0.3) is 0 Å². The molecule has 0 aliphatic rings. The van der Waals surface area contributed by atoms with Crippen LogP contribution in [-0.2, 0) is 0 Å². The number of carbonyl (C=O) groups is 1. The topological polar surface area (TPSA) is 38.3 Å². The molecule has 0 unspecified atom stereocenters. The number of hydrogen-bond acceptors (Lipinski definition) is 2. The molecule has 14 heavy (non-hydrogen) atoms. The second-order valence-electron chi connectivity index (χ2n) is 2.55. The Bertz CT molecular complexity index is 343. The molecule has 0 radical (unpaired) electrons. The molecule has 0 aromatic heterocycles. The van der Waals surface area contributed by atoms with Gasteiger partial charge in [-0.15, -0.1) is 0 Å². The molecule has 0 saturated carbocycles. The highest BCUT2D eigenvalue weighted by Gasteiger charge is 2.17. The first-order valence-corrected chi connectivity index (χ1v) is 3.85. The van der Waals surface area contributed by atoms with Gasteiger partial charge in [0.05, 0.1) is 7.11 Å². The van der Waals surface area contributed by atoms with E-state index in [9.17, 15) is 13.6 Å². The molecule has 0 aliphatic heterocycles. The standard InChI is InChI=1S/C9H9F2NO2/c1-12-9(13)8-6(10)3-5(14-2)4-7(8)11/h3-4H,1-2H3,(H,12,13). The lowest BCUT2D eigenvalue weighted by molar-refractivity contribution is 0.0954. The molecule has 0 spiro atoms. The normalized spacial score (nSPS) is 9.71. The quantitative estimate of drug-likeness (QED) is 0.783. The molecule has 0 atom stereocenters. The summed E-state index contributed by atoms with van der Waals surface area (Å²) in [7, 11) is 2.58. The fourth-order valence-electron chi connectivity index (χ4n) is 1.01. The number of methoxy groups -OCH3 is 1. The van der Waals surface area contributed by atoms with Crippen molar-refractivity contribution in [1.82, 2.24) is 5.32 Å². The third-order valence-corrected chi connectivity index (χ3v) is 1.71. The Morgan fingerprint density at radius 2 is 1.86 bits per heavy atom. The molecule has 1 amide bonds. The summed E-state index contributed by atoms with van der Waals surface area (Å²) in [6.07, 6.45) is 0. The van der Waals surface area contributed by atoms with Gasteiger partial charge in [-0.05, 0) is 0 Å². The predicted octanol–water partition coefficient (Wildman–Crippen LogP) is 1.33. The molecule has 1 aromatic carbocycles. The summed E-state index contributed by atoms with van der Waals surface area (Å²) >= 11 is 0. The zero-order chi connectivity index (χ0) is 10.7. The minimum absolute atomic E-state index is 0.0349. The van der Waals surface area contributed by atoms with Gasteiger partial charge in [0.25, 0.3) is 5.91 Å². The van der Waals surface area contributed by atoms with Gasteiger partial charge in [0.2, 0.25) is 0 Å². The van der Waals surface area contributed by atoms with Gasteiger partial charge in [0.1, 0.15) is 22.9 Å². The summed E-state index contributed by atoms with van der Waals surface area (Å²) in [6, 6.07) is 1.90. The number of rotatable bonds is 2. The minimum Gasteiger partial charge on any atom is -0.497 e. The molecule has 0 bridgehead atoms. The fraction of sp³-hybridized carbons (Fsp3) is 0.222. The number of halogens is 2. The van der Waals surface area contributed by atoms with Crippen LogP contribution < -0.4 is 10.1 Å². The Morgan fingerprint density at radius 3 is 2.21 bits per heavy atom. The first kappa shape index (κ1) is 10.4. The van der Waals surface area contributed by atoms with E-state index < -0.39 is 23.1 Å². The third-order valence-electron chi connectivity index (χ3n) is 1.71. The van der Waals surface area contributed by atoms with Crippen molar-refractivity contribution in [1.29, 1.82) is 0 Å². The summed E-state index contributed by atoms with van der Waals surface area (Å²) < 4.78 is 30.9. The van der Waals surface area contributed by atoms with Crippen molar-refractivity contribution >= 4 is 5.91 Å². The van der Waals surface area contributed by atoms with Crippen molar-refractivity contribution in [2.45, 2.75) is 0 Å². The molecule has 3 nitrogen and oxygen atoms in total. The van der Waals surface area contributed by atoms with Gasteiger partial charge in [-0.3, -0.25) is 4.79 Å². The van der Waals surface area contributed by atoms with Crippen molar-refractivity contribution in [3.8, 4) is 5.75 Å². The van der Waals surface area contributed by atoms with E-state index in [4.69, 9.17) is 0 Å². The van der Waals surface area contributed by atoms with Gasteiger partial charge in [-0.1, -0.05) is 0 Å². The van der Waals surface area contributed by atoms with Crippen LogP contribution >= 0.6 is 0 Å². The second-order valence-corrected chi connectivity index (χ2v) is 2.55. The molecule has 0 fully saturated rings. The van der Waals surface area contributed by atoms with Gasteiger partial charge in [0, 0.05) is 19.2 Å². The maximum atomic E-state index is 13.2. The lowest BCUT2D eigenvalue weighted by Gasteiger charge is -2.05. The van der Waals surface area contributed by atoms with Crippen LogP contribution in [0.4, 0.5) is 8.78 Å². The molecule has 1 rings (SSSR count). The SMILES string of the molecule is CNC(=O)c1c(F)cc(OC)cc1F. The maximum absolute atomic E-state index is 13.2. The van der Waals surface area contributed by atoms with Gasteiger partial charge in [0.15, 0.2) is 0 Å². The Kier molecular flexibility index (Phi) is 3.01. The summed E-state index contributed by atoms with van der Waals surface area (Å²) in [5.41, 5.74) is -0.603. The number of hydrogen-bond donors (Lipinski definition) is 1. The summed E-state index contributed by atoms with van der Waals surface area (Å²) in [5, 5.41) is 2.14. The average molecular weight is 201 g/mol. The van der Waals surface area contributed by atoms with Gasteiger partial charge < -0.3 is 10.1 Å². The van der Waals surface area contributed by atoms with Crippen molar-refractivity contribution in [2.24, 2.45) is 0 Å². The van der Waals surface area contributed by atoms with Crippen molar-refractivity contribution in [3.05, 3.63) is 29.3 Å². The van der Waals surface area contributed by atoms with Gasteiger partial charge in [-0.2, -0.15) is 0 Å². The highest BCUT2D eigenvalue weighted by atomic mass is 19.1. The lowest BCUT2D eigenvalue weighted by atomic mass is 10.1. The molecule has 1 aromatic rings. The lowest BCUT2D eigenvalue weighted by Crippen LogP contribution is -2.20. The first-order chi connectivity index (χ1) is 6.60. The number of amides is 1. The molecule has 76 valence electrons. The fourth-order valence-corrected chi connectivity index (χ4v) is 1.01. The molecule has 0 aliphatic carbocycles. The number of nitrogens with one attached hydrogen (secondary N) is 1. The smallest absolute Gasteiger partial charge is 0.257 e. The van der Waals surface area contributed by atoms with Crippen LogP contribution in [0.5, 0.6) is 5.75 Å². The molecule has 1 N–H and O–H groups in total. The Hall–Kier alpha value is -1.65. The number of ether oxygens (including phenoxy) is 1. The van der Waals surface area contributed by atoms with E-state index in [1.807, 2.05) is 0 Å². The minimum atomic E-state index is -0.943. The van der Waals surface area contributed by atoms with E-state index in [-0.39, 0.29) is 5.75 Å². The molecule has 0 heterocycles. The van der Waals surface area contributed by atoms with Crippen LogP contribution in [0.3, 0.4) is 0 Å². The summed E-state index contributed by atoms with van der Waals surface area (Å²) in [4.78, 5) is 11.0. The highest BCUT2D eigenvalue weighted by molar-refractivity contribution is 5.94. The van der Waals surface area contributed by atoms with Crippen LogP contribution in [-0.4, -0.2) is 20.1 Å². The Morgan fingerprint density at radius 1 is 1.36 bits per heavy atom. The van der Waals surface area contributed by atoms with Crippen molar-refractivity contribution in [2.75, 3.05) is 14.2 Å². The summed E-state index contributed by atoms with van der Waals surface area (Å²) in [5.74, 6) is -2.65. The Balaban J connectivity index is 3.25. The van der Waals surface area contributed by atoms with Gasteiger partial charge >= 0.3 is 0 Å². The molecular weight excluding hydrogens is 192 g/mol. The maximum Gasteiger partial charge on any atom is 0.257 e. The van der Waals surface area contributed by atoms with Crippen LogP contribution in [0, 0.1) is 11.6 Å². The van der Waals surface area contributed by atoms with Crippen LogP contribution in [0.15, 0.2) is 12.1 Å². The monoisotopic (exact) mass is 201 g/mol. The van der Waals surface area contributed by atoms with Crippen molar-refractivity contribution in [3.63, 3.8) is 0 Å². The average Bonchev–Trinajstić information content (AvgIpc) is 2.16.